The Morgan fingerprint density at radius 1 is 1.19 bits per heavy atom. The number of pyridine rings is 1. The molecule has 0 radical (unpaired) electrons. The molecule has 11 heteroatoms. The van der Waals surface area contributed by atoms with Gasteiger partial charge < -0.3 is 19.3 Å². The minimum Gasteiger partial charge on any atom is -0.494 e. The maximum Gasteiger partial charge on any atom is 0.408 e. The highest BCUT2D eigenvalue weighted by atomic mass is 79.9. The predicted molar refractivity (Wildman–Crippen MR) is 167 cm³/mol. The summed E-state index contributed by atoms with van der Waals surface area (Å²) in [7, 11) is 1.56. The van der Waals surface area contributed by atoms with Crippen LogP contribution in [0.25, 0.3) is 27.8 Å². The molecule has 1 N–H and O–H groups in total. The van der Waals surface area contributed by atoms with E-state index in [0.29, 0.717) is 17.2 Å². The van der Waals surface area contributed by atoms with Crippen LogP contribution in [0.4, 0.5) is 9.18 Å². The fraction of sp³-hybridized carbons (Fsp3) is 0.469. The molecule has 2 aliphatic rings. The number of likely N-dealkylation sites (tertiary alicyclic amines) is 1. The van der Waals surface area contributed by atoms with E-state index in [-0.39, 0.29) is 19.5 Å². The number of piperidine rings is 1. The first-order valence-electron chi connectivity index (χ1n) is 14.7. The summed E-state index contributed by atoms with van der Waals surface area (Å²) in [6, 6.07) is 9.44. The van der Waals surface area contributed by atoms with Gasteiger partial charge in [-0.2, -0.15) is 5.10 Å². The largest absolute Gasteiger partial charge is 0.494 e. The Morgan fingerprint density at radius 2 is 1.93 bits per heavy atom. The lowest BCUT2D eigenvalue weighted by molar-refractivity contribution is 0.0125. The molecule has 1 saturated heterocycles. The van der Waals surface area contributed by atoms with Crippen LogP contribution in [0.15, 0.2) is 41.0 Å². The monoisotopic (exact) mass is 653 g/mol. The van der Waals surface area contributed by atoms with Crippen molar-refractivity contribution < 1.29 is 23.8 Å². The van der Waals surface area contributed by atoms with Crippen molar-refractivity contribution in [1.82, 2.24) is 24.0 Å². The number of hydrogen-bond donors (Lipinski definition) is 1. The molecular formula is C32H37BrFN5O4. The van der Waals surface area contributed by atoms with Gasteiger partial charge in [-0.25, -0.2) is 13.7 Å². The number of carboxylic acid groups (broad SMARTS) is 1. The Balaban J connectivity index is 1.39. The molecule has 9 nitrogen and oxygen atoms in total. The standard InChI is InChI=1S/C32H37BrFN5O4/c1-18-28(26-10-20-8-9-22(33)12-25(20)37(26)14-19-6-7-19)35-38-15-21(11-27(43-5)29(18)38)30(40)36-16-23(34)13-24(17-36)39(31(41)42)32(2,3)4/h8-12,15,19,23-24H,6-7,13-14,16-17H2,1-5H3,(H,41,42)/t23-,24-/m1/s1. The lowest BCUT2D eigenvalue weighted by Gasteiger charge is -2.45. The van der Waals surface area contributed by atoms with Gasteiger partial charge in [0.15, 0.2) is 0 Å². The van der Waals surface area contributed by atoms with Crippen LogP contribution in [0.1, 0.15) is 56.0 Å². The summed E-state index contributed by atoms with van der Waals surface area (Å²) < 4.78 is 25.8. The zero-order valence-corrected chi connectivity index (χ0v) is 26.7. The van der Waals surface area contributed by atoms with Crippen LogP contribution in [0.3, 0.4) is 0 Å². The number of fused-ring (bicyclic) bond motifs is 2. The topological polar surface area (TPSA) is 92.3 Å². The van der Waals surface area contributed by atoms with E-state index in [9.17, 15) is 19.1 Å². The number of amides is 2. The van der Waals surface area contributed by atoms with Crippen molar-refractivity contribution in [2.75, 3.05) is 20.2 Å². The van der Waals surface area contributed by atoms with Crippen LogP contribution in [0, 0.1) is 12.8 Å². The average molecular weight is 655 g/mol. The van der Waals surface area contributed by atoms with Gasteiger partial charge in [0.1, 0.15) is 23.1 Å². The van der Waals surface area contributed by atoms with Crippen LogP contribution in [0.5, 0.6) is 5.75 Å². The van der Waals surface area contributed by atoms with Gasteiger partial charge in [-0.05, 0) is 70.7 Å². The molecule has 0 unspecified atom stereocenters. The normalized spacial score (nSPS) is 19.3. The van der Waals surface area contributed by atoms with Crippen molar-refractivity contribution in [3.05, 3.63) is 52.1 Å². The molecule has 3 aromatic heterocycles. The zero-order chi connectivity index (χ0) is 30.8. The molecule has 2 atom stereocenters. The van der Waals surface area contributed by atoms with Gasteiger partial charge in [0.05, 0.1) is 31.0 Å². The van der Waals surface area contributed by atoms with Crippen molar-refractivity contribution in [3.8, 4) is 17.1 Å². The third-order valence-corrected chi connectivity index (χ3v) is 9.09. The molecule has 4 heterocycles. The highest BCUT2D eigenvalue weighted by molar-refractivity contribution is 9.10. The maximum absolute atomic E-state index is 15.0. The summed E-state index contributed by atoms with van der Waals surface area (Å²) in [5.74, 6) is 0.739. The van der Waals surface area contributed by atoms with Crippen LogP contribution in [-0.2, 0) is 6.54 Å². The third-order valence-electron chi connectivity index (χ3n) is 8.60. The molecule has 0 spiro atoms. The number of hydrogen-bond acceptors (Lipinski definition) is 4. The number of nitrogens with zero attached hydrogens (tertiary/aromatic N) is 5. The van der Waals surface area contributed by atoms with Crippen molar-refractivity contribution in [2.45, 2.75) is 71.3 Å². The Labute approximate surface area is 258 Å². The van der Waals surface area contributed by atoms with Crippen molar-refractivity contribution in [2.24, 2.45) is 5.92 Å². The Bertz CT molecular complexity index is 1740. The van der Waals surface area contributed by atoms with E-state index in [1.54, 1.807) is 44.7 Å². The van der Waals surface area contributed by atoms with E-state index in [0.717, 1.165) is 44.4 Å². The van der Waals surface area contributed by atoms with Crippen LogP contribution >= 0.6 is 15.9 Å². The van der Waals surface area contributed by atoms with E-state index in [4.69, 9.17) is 9.84 Å². The van der Waals surface area contributed by atoms with Crippen LogP contribution < -0.4 is 4.74 Å². The van der Waals surface area contributed by atoms with E-state index in [1.807, 2.05) is 13.0 Å². The summed E-state index contributed by atoms with van der Waals surface area (Å²) in [6.45, 7) is 8.23. The van der Waals surface area contributed by atoms with Crippen LogP contribution in [0.2, 0.25) is 0 Å². The van der Waals surface area contributed by atoms with Crippen molar-refractivity contribution in [3.63, 3.8) is 0 Å². The number of aryl methyl sites for hydroxylation is 1. The first-order chi connectivity index (χ1) is 20.3. The smallest absolute Gasteiger partial charge is 0.408 e. The van der Waals surface area contributed by atoms with Crippen molar-refractivity contribution in [1.29, 1.82) is 0 Å². The van der Waals surface area contributed by atoms with E-state index in [1.165, 1.54) is 22.6 Å². The number of alkyl halides is 1. The number of ether oxygens (including phenoxy) is 1. The molecule has 1 saturated carbocycles. The molecular weight excluding hydrogens is 617 g/mol. The molecule has 4 aromatic rings. The lowest BCUT2D eigenvalue weighted by Crippen LogP contribution is -2.59. The first-order valence-corrected chi connectivity index (χ1v) is 15.5. The molecule has 2 fully saturated rings. The summed E-state index contributed by atoms with van der Waals surface area (Å²) in [4.78, 5) is 28.6. The second-order valence-electron chi connectivity index (χ2n) is 12.9. The molecule has 6 rings (SSSR count). The molecule has 2 amide bonds. The Hall–Kier alpha value is -3.60. The Morgan fingerprint density at radius 3 is 2.58 bits per heavy atom. The number of rotatable bonds is 6. The first kappa shape index (κ1) is 29.5. The quantitative estimate of drug-likeness (QED) is 0.248. The average Bonchev–Trinajstić information content (AvgIpc) is 3.61. The van der Waals surface area contributed by atoms with Crippen LogP contribution in [-0.4, -0.2) is 79.0 Å². The lowest BCUT2D eigenvalue weighted by atomic mass is 9.96. The second kappa shape index (κ2) is 10.8. The second-order valence-corrected chi connectivity index (χ2v) is 13.8. The fourth-order valence-corrected chi connectivity index (χ4v) is 6.87. The number of methoxy groups -OCH3 is 1. The highest BCUT2D eigenvalue weighted by Gasteiger charge is 2.40. The molecule has 1 aliphatic carbocycles. The van der Waals surface area contributed by atoms with Gasteiger partial charge in [-0.3, -0.25) is 9.69 Å². The number of carbonyl (C=O) groups is 2. The van der Waals surface area contributed by atoms with Gasteiger partial charge >= 0.3 is 6.09 Å². The summed E-state index contributed by atoms with van der Waals surface area (Å²) in [5.41, 5.74) is 4.19. The van der Waals surface area contributed by atoms with Gasteiger partial charge in [0.25, 0.3) is 5.91 Å². The van der Waals surface area contributed by atoms with Gasteiger partial charge in [0, 0.05) is 52.2 Å². The summed E-state index contributed by atoms with van der Waals surface area (Å²) in [6.07, 6.45) is 1.67. The molecule has 1 aliphatic heterocycles. The molecule has 43 heavy (non-hydrogen) atoms. The number of aromatic nitrogens is 3. The van der Waals surface area contributed by atoms with Gasteiger partial charge in [-0.15, -0.1) is 0 Å². The minimum absolute atomic E-state index is 0.0445. The molecule has 228 valence electrons. The SMILES string of the molecule is COc1cc(C(=O)N2C[C@H](F)C[C@@H](N(C(=O)O)C(C)(C)C)C2)cn2nc(-c3cc4ccc(Br)cc4n3CC3CC3)c(C)c12. The number of carbonyl (C=O) groups excluding carboxylic acids is 1. The third kappa shape index (κ3) is 5.47. The molecule has 1 aromatic carbocycles. The van der Waals surface area contributed by atoms with Gasteiger partial charge in [0.2, 0.25) is 0 Å². The molecule has 0 bridgehead atoms. The Kier molecular flexibility index (Phi) is 7.43. The summed E-state index contributed by atoms with van der Waals surface area (Å²) in [5, 5.41) is 16.0. The van der Waals surface area contributed by atoms with E-state index < -0.39 is 29.8 Å². The van der Waals surface area contributed by atoms with Gasteiger partial charge in [-0.1, -0.05) is 22.0 Å². The maximum atomic E-state index is 15.0. The fourth-order valence-electron chi connectivity index (χ4n) is 6.52. The number of halogens is 2. The van der Waals surface area contributed by atoms with E-state index >= 15 is 0 Å². The van der Waals surface area contributed by atoms with E-state index in [2.05, 4.69) is 38.7 Å². The highest BCUT2D eigenvalue weighted by Crippen LogP contribution is 2.39. The predicted octanol–water partition coefficient (Wildman–Crippen LogP) is 6.78. The zero-order valence-electron chi connectivity index (χ0n) is 25.1. The van der Waals surface area contributed by atoms with Crippen molar-refractivity contribution >= 4 is 44.3 Å². The minimum atomic E-state index is -1.34. The summed E-state index contributed by atoms with van der Waals surface area (Å²) >= 11 is 3.62. The number of benzene rings is 1.